The van der Waals surface area contributed by atoms with Gasteiger partial charge in [0.05, 0.1) is 17.3 Å². The molecule has 3 N–H and O–H groups in total. The number of nitrogens with zero attached hydrogens (tertiary/aromatic N) is 2. The molecule has 26 heavy (non-hydrogen) atoms. The number of aliphatic hydroxyl groups is 1. The first-order chi connectivity index (χ1) is 12.6. The van der Waals surface area contributed by atoms with Gasteiger partial charge in [-0.3, -0.25) is 4.79 Å². The van der Waals surface area contributed by atoms with Gasteiger partial charge in [0.2, 0.25) is 11.8 Å². The zero-order valence-electron chi connectivity index (χ0n) is 14.3. The summed E-state index contributed by atoms with van der Waals surface area (Å²) in [5, 5.41) is 15.1. The third-order valence-corrected chi connectivity index (χ3v) is 3.82. The van der Waals surface area contributed by atoms with Crippen LogP contribution in [0.4, 0.5) is 17.3 Å². The smallest absolute Gasteiger partial charge is 0.233 e. The maximum Gasteiger partial charge on any atom is 0.233 e. The number of benzene rings is 1. The summed E-state index contributed by atoms with van der Waals surface area (Å²) in [4.78, 5) is 20.5. The van der Waals surface area contributed by atoms with Gasteiger partial charge < -0.3 is 20.5 Å². The molecule has 136 valence electrons. The molecule has 0 saturated heterocycles. The fraction of sp³-hybridized carbons (Fsp3) is 0.278. The molecule has 0 unspecified atom stereocenters. The number of halogens is 1. The summed E-state index contributed by atoms with van der Waals surface area (Å²) in [7, 11) is 0. The molecule has 0 radical (unpaired) electrons. The topological polar surface area (TPSA) is 96.4 Å². The van der Waals surface area contributed by atoms with Crippen LogP contribution in [0, 0.1) is 12.3 Å². The quantitative estimate of drug-likeness (QED) is 0.425. The van der Waals surface area contributed by atoms with Crippen molar-refractivity contribution in [3.05, 3.63) is 34.4 Å². The van der Waals surface area contributed by atoms with E-state index in [1.54, 1.807) is 31.3 Å². The first-order valence-electron chi connectivity index (χ1n) is 7.96. The highest BCUT2D eigenvalue weighted by Gasteiger charge is 2.10. The van der Waals surface area contributed by atoms with E-state index in [0.29, 0.717) is 46.2 Å². The van der Waals surface area contributed by atoms with Crippen LogP contribution in [0.25, 0.3) is 0 Å². The standard InChI is InChI=1S/C18H19BrN4O3/c1-3-7-26-17-15(19)11-21-18(23-17)22-14-9-12(16(25)4-2)8-13(10-14)20-5-6-24/h1,8-11,20,24H,4-7H2,2H3,(H,21,22,23). The van der Waals surface area contributed by atoms with Crippen LogP contribution in [0.1, 0.15) is 23.7 Å². The number of terminal acetylenes is 1. The van der Waals surface area contributed by atoms with Gasteiger partial charge in [-0.15, -0.1) is 6.42 Å². The van der Waals surface area contributed by atoms with Gasteiger partial charge in [0, 0.05) is 29.9 Å². The van der Waals surface area contributed by atoms with E-state index in [0.717, 1.165) is 0 Å². The highest BCUT2D eigenvalue weighted by atomic mass is 79.9. The van der Waals surface area contributed by atoms with Crippen molar-refractivity contribution in [2.24, 2.45) is 0 Å². The molecular weight excluding hydrogens is 400 g/mol. The average Bonchev–Trinajstić information content (AvgIpc) is 2.65. The normalized spacial score (nSPS) is 10.1. The number of hydrogen-bond acceptors (Lipinski definition) is 7. The molecule has 0 amide bonds. The van der Waals surface area contributed by atoms with Crippen molar-refractivity contribution in [1.82, 2.24) is 9.97 Å². The molecule has 0 atom stereocenters. The summed E-state index contributed by atoms with van der Waals surface area (Å²) in [6, 6.07) is 5.27. The van der Waals surface area contributed by atoms with E-state index in [2.05, 4.69) is 42.5 Å². The van der Waals surface area contributed by atoms with E-state index in [1.165, 1.54) is 0 Å². The molecule has 0 aliphatic heterocycles. The van der Waals surface area contributed by atoms with Crippen molar-refractivity contribution in [3.8, 4) is 18.2 Å². The summed E-state index contributed by atoms with van der Waals surface area (Å²) in [5.41, 5.74) is 1.90. The summed E-state index contributed by atoms with van der Waals surface area (Å²) < 4.78 is 5.93. The van der Waals surface area contributed by atoms with Crippen molar-refractivity contribution >= 4 is 39.0 Å². The monoisotopic (exact) mass is 418 g/mol. The van der Waals surface area contributed by atoms with Gasteiger partial charge in [0.1, 0.15) is 0 Å². The van der Waals surface area contributed by atoms with Gasteiger partial charge in [-0.05, 0) is 34.1 Å². The maximum atomic E-state index is 12.1. The van der Waals surface area contributed by atoms with Crippen LogP contribution in [0.3, 0.4) is 0 Å². The number of aliphatic hydroxyl groups excluding tert-OH is 1. The third kappa shape index (κ3) is 5.44. The molecule has 2 rings (SSSR count). The van der Waals surface area contributed by atoms with Gasteiger partial charge >= 0.3 is 0 Å². The number of aromatic nitrogens is 2. The maximum absolute atomic E-state index is 12.1. The summed E-state index contributed by atoms with van der Waals surface area (Å²) >= 11 is 3.30. The Morgan fingerprint density at radius 1 is 1.38 bits per heavy atom. The first-order valence-corrected chi connectivity index (χ1v) is 8.75. The lowest BCUT2D eigenvalue weighted by molar-refractivity contribution is 0.0988. The summed E-state index contributed by atoms with van der Waals surface area (Å²) in [5.74, 6) is 3.01. The number of ketones is 1. The number of nitrogens with one attached hydrogen (secondary N) is 2. The highest BCUT2D eigenvalue weighted by Crippen LogP contribution is 2.26. The molecule has 7 nitrogen and oxygen atoms in total. The van der Waals surface area contributed by atoms with Crippen molar-refractivity contribution < 1.29 is 14.6 Å². The summed E-state index contributed by atoms with van der Waals surface area (Å²) in [6.45, 7) is 2.25. The molecule has 0 aliphatic rings. The fourth-order valence-corrected chi connectivity index (χ4v) is 2.42. The predicted molar refractivity (Wildman–Crippen MR) is 104 cm³/mol. The number of rotatable bonds is 9. The molecule has 0 fully saturated rings. The van der Waals surface area contributed by atoms with Crippen LogP contribution < -0.4 is 15.4 Å². The van der Waals surface area contributed by atoms with Gasteiger partial charge in [0.15, 0.2) is 12.4 Å². The third-order valence-electron chi connectivity index (χ3n) is 3.28. The van der Waals surface area contributed by atoms with Gasteiger partial charge in [-0.1, -0.05) is 12.8 Å². The second kappa shape index (κ2) is 9.75. The zero-order chi connectivity index (χ0) is 18.9. The molecule has 1 heterocycles. The van der Waals surface area contributed by atoms with E-state index in [4.69, 9.17) is 16.3 Å². The molecule has 0 bridgehead atoms. The van der Waals surface area contributed by atoms with Crippen LogP contribution in [-0.4, -0.2) is 40.6 Å². The number of Topliss-reactive ketones (excluding diaryl/α,β-unsaturated/α-hetero) is 1. The lowest BCUT2D eigenvalue weighted by Gasteiger charge is -2.12. The minimum atomic E-state index is -0.0135. The molecule has 2 aromatic rings. The SMILES string of the molecule is C#CCOc1nc(Nc2cc(NCCO)cc(C(=O)CC)c2)ncc1Br. The van der Waals surface area contributed by atoms with Crippen LogP contribution in [0.5, 0.6) is 5.88 Å². The number of anilines is 3. The van der Waals surface area contributed by atoms with Crippen molar-refractivity contribution in [2.75, 3.05) is 30.4 Å². The average molecular weight is 419 g/mol. The van der Waals surface area contributed by atoms with E-state index in [9.17, 15) is 4.79 Å². The fourth-order valence-electron chi connectivity index (χ4n) is 2.12. The molecule has 1 aromatic carbocycles. The van der Waals surface area contributed by atoms with Gasteiger partial charge in [-0.25, -0.2) is 4.98 Å². The molecular formula is C18H19BrN4O3. The van der Waals surface area contributed by atoms with Gasteiger partial charge in [-0.2, -0.15) is 4.98 Å². The van der Waals surface area contributed by atoms with Crippen LogP contribution >= 0.6 is 15.9 Å². The van der Waals surface area contributed by atoms with E-state index in [1.807, 2.05) is 0 Å². The number of carbonyl (C=O) groups is 1. The minimum absolute atomic E-state index is 0.00969. The van der Waals surface area contributed by atoms with E-state index < -0.39 is 0 Å². The Balaban J connectivity index is 2.29. The van der Waals surface area contributed by atoms with Crippen molar-refractivity contribution in [1.29, 1.82) is 0 Å². The second-order valence-corrected chi connectivity index (χ2v) is 6.04. The predicted octanol–water partition coefficient (Wildman–Crippen LogP) is 2.99. The molecule has 0 aliphatic carbocycles. The Kier molecular flexibility index (Phi) is 7.38. The lowest BCUT2D eigenvalue weighted by Crippen LogP contribution is -2.08. The van der Waals surface area contributed by atoms with Crippen molar-refractivity contribution in [2.45, 2.75) is 13.3 Å². The van der Waals surface area contributed by atoms with Crippen molar-refractivity contribution in [3.63, 3.8) is 0 Å². The number of ether oxygens (including phenoxy) is 1. The molecule has 0 spiro atoms. The van der Waals surface area contributed by atoms with E-state index in [-0.39, 0.29) is 19.0 Å². The largest absolute Gasteiger partial charge is 0.464 e. The number of hydrogen-bond donors (Lipinski definition) is 3. The van der Waals surface area contributed by atoms with E-state index >= 15 is 0 Å². The Bertz CT molecular complexity index is 821. The van der Waals surface area contributed by atoms with Crippen LogP contribution in [0.2, 0.25) is 0 Å². The summed E-state index contributed by atoms with van der Waals surface area (Å²) in [6.07, 6.45) is 7.14. The molecule has 8 heteroatoms. The number of carbonyl (C=O) groups excluding carboxylic acids is 1. The Labute approximate surface area is 160 Å². The Hall–Kier alpha value is -2.63. The Morgan fingerprint density at radius 2 is 2.15 bits per heavy atom. The molecule has 0 saturated carbocycles. The highest BCUT2D eigenvalue weighted by molar-refractivity contribution is 9.10. The lowest BCUT2D eigenvalue weighted by atomic mass is 10.1. The Morgan fingerprint density at radius 3 is 2.85 bits per heavy atom. The molecule has 1 aromatic heterocycles. The second-order valence-electron chi connectivity index (χ2n) is 5.19. The van der Waals surface area contributed by atoms with Crippen LogP contribution in [-0.2, 0) is 0 Å². The minimum Gasteiger partial charge on any atom is -0.464 e. The van der Waals surface area contributed by atoms with Crippen LogP contribution in [0.15, 0.2) is 28.9 Å². The first kappa shape index (κ1) is 19.7. The van der Waals surface area contributed by atoms with Gasteiger partial charge in [0.25, 0.3) is 0 Å². The zero-order valence-corrected chi connectivity index (χ0v) is 15.8.